The minimum Gasteiger partial charge on any atom is -0.462 e. The highest BCUT2D eigenvalue weighted by molar-refractivity contribution is 7.47. The zero-order chi connectivity index (χ0) is 63.2. The molecule has 0 aromatic rings. The summed E-state index contributed by atoms with van der Waals surface area (Å²) in [7, 11) is -9.89. The number of esters is 4. The molecular weight excluding hydrogens is 1130 g/mol. The maximum absolute atomic E-state index is 13.0. The maximum atomic E-state index is 13.0. The summed E-state index contributed by atoms with van der Waals surface area (Å²) >= 11 is 0. The third kappa shape index (κ3) is 58.2. The van der Waals surface area contributed by atoms with Gasteiger partial charge in [0.05, 0.1) is 26.4 Å². The van der Waals surface area contributed by atoms with Crippen LogP contribution in [0.5, 0.6) is 0 Å². The van der Waals surface area contributed by atoms with E-state index in [0.717, 1.165) is 120 Å². The standard InChI is InChI=1S/C66H128O17P2/c1-9-58(7)44-36-28-20-15-16-22-33-41-49-66(71)83-62(53-77-64(69)47-39-31-25-24-29-37-45-59(8)10-2)55-81-85(74,75)79-51-60(67)50-78-84(72,73)80-54-61(52-76-63(68)46-38-30-23-17-19-27-35-43-57(5)6)82-65(70)48-40-32-21-14-12-11-13-18-26-34-42-56(3)4/h56-62,67H,9-55H2,1-8H3,(H,72,73)(H,74,75)/t58?,59?,60-,61-,62-/m1/s1. The van der Waals surface area contributed by atoms with E-state index in [4.69, 9.17) is 37.0 Å². The van der Waals surface area contributed by atoms with E-state index in [9.17, 15) is 43.2 Å². The Kier molecular flexibility index (Phi) is 54.8. The molecule has 0 spiro atoms. The molecule has 0 saturated carbocycles. The van der Waals surface area contributed by atoms with E-state index >= 15 is 0 Å². The number of phosphoric ester groups is 2. The van der Waals surface area contributed by atoms with E-state index in [1.165, 1.54) is 109 Å². The molecule has 504 valence electrons. The molecule has 7 atom stereocenters. The van der Waals surface area contributed by atoms with Gasteiger partial charge in [-0.3, -0.25) is 37.3 Å². The Labute approximate surface area is 517 Å². The summed E-state index contributed by atoms with van der Waals surface area (Å²) in [5.74, 6) is 0.819. The third-order valence-corrected chi connectivity index (χ3v) is 17.7. The lowest BCUT2D eigenvalue weighted by atomic mass is 9.99. The molecule has 17 nitrogen and oxygen atoms in total. The van der Waals surface area contributed by atoms with Crippen molar-refractivity contribution in [1.82, 2.24) is 0 Å². The first-order valence-electron chi connectivity index (χ1n) is 34.3. The van der Waals surface area contributed by atoms with Gasteiger partial charge < -0.3 is 33.8 Å². The molecule has 0 rings (SSSR count). The summed E-state index contributed by atoms with van der Waals surface area (Å²) in [6, 6.07) is 0. The van der Waals surface area contributed by atoms with Gasteiger partial charge in [0.25, 0.3) is 0 Å². The Morgan fingerprint density at radius 3 is 0.835 bits per heavy atom. The van der Waals surface area contributed by atoms with Crippen molar-refractivity contribution in [3.8, 4) is 0 Å². The fraction of sp³-hybridized carbons (Fsp3) is 0.939. The number of aliphatic hydroxyl groups is 1. The van der Waals surface area contributed by atoms with Gasteiger partial charge in [-0.25, -0.2) is 9.13 Å². The Bertz CT molecular complexity index is 1700. The molecule has 3 N–H and O–H groups in total. The Morgan fingerprint density at radius 2 is 0.565 bits per heavy atom. The lowest BCUT2D eigenvalue weighted by molar-refractivity contribution is -0.161. The second-order valence-electron chi connectivity index (χ2n) is 25.3. The summed E-state index contributed by atoms with van der Waals surface area (Å²) in [5.41, 5.74) is 0. The van der Waals surface area contributed by atoms with Crippen molar-refractivity contribution in [2.45, 2.75) is 337 Å². The van der Waals surface area contributed by atoms with Gasteiger partial charge >= 0.3 is 39.5 Å². The summed E-state index contributed by atoms with van der Waals surface area (Å²) in [5, 5.41) is 10.6. The van der Waals surface area contributed by atoms with Gasteiger partial charge in [-0.2, -0.15) is 0 Å². The van der Waals surface area contributed by atoms with E-state index in [0.29, 0.717) is 31.6 Å². The Balaban J connectivity index is 5.27. The summed E-state index contributed by atoms with van der Waals surface area (Å²) in [6.07, 6.45) is 36.2. The van der Waals surface area contributed by atoms with Crippen LogP contribution in [0.25, 0.3) is 0 Å². The molecule has 0 radical (unpaired) electrons. The molecule has 85 heavy (non-hydrogen) atoms. The quantitative estimate of drug-likeness (QED) is 0.0222. The largest absolute Gasteiger partial charge is 0.472 e. The Morgan fingerprint density at radius 1 is 0.329 bits per heavy atom. The van der Waals surface area contributed by atoms with Crippen molar-refractivity contribution in [1.29, 1.82) is 0 Å². The van der Waals surface area contributed by atoms with Crippen molar-refractivity contribution in [3.05, 3.63) is 0 Å². The number of hydrogen-bond donors (Lipinski definition) is 3. The highest BCUT2D eigenvalue weighted by atomic mass is 31.2. The molecule has 0 aliphatic carbocycles. The molecule has 0 saturated heterocycles. The van der Waals surface area contributed by atoms with Crippen molar-refractivity contribution in [2.75, 3.05) is 39.6 Å². The van der Waals surface area contributed by atoms with Gasteiger partial charge in [0, 0.05) is 25.7 Å². The molecule has 0 bridgehead atoms. The first kappa shape index (κ1) is 83.1. The van der Waals surface area contributed by atoms with Gasteiger partial charge in [-0.05, 0) is 49.4 Å². The van der Waals surface area contributed by atoms with E-state index in [1.54, 1.807) is 0 Å². The van der Waals surface area contributed by atoms with Crippen molar-refractivity contribution in [2.24, 2.45) is 23.7 Å². The topological polar surface area (TPSA) is 237 Å². The molecule has 0 aromatic carbocycles. The predicted molar refractivity (Wildman–Crippen MR) is 340 cm³/mol. The van der Waals surface area contributed by atoms with Crippen LogP contribution in [-0.4, -0.2) is 96.7 Å². The van der Waals surface area contributed by atoms with Gasteiger partial charge in [0.1, 0.15) is 19.3 Å². The minimum absolute atomic E-state index is 0.103. The van der Waals surface area contributed by atoms with Crippen LogP contribution in [0, 0.1) is 23.7 Å². The smallest absolute Gasteiger partial charge is 0.462 e. The van der Waals surface area contributed by atoms with E-state index in [2.05, 4.69) is 55.4 Å². The lowest BCUT2D eigenvalue weighted by Crippen LogP contribution is -2.30. The van der Waals surface area contributed by atoms with Crippen molar-refractivity contribution < 1.29 is 80.2 Å². The van der Waals surface area contributed by atoms with Gasteiger partial charge in [0.2, 0.25) is 0 Å². The average molecular weight is 1260 g/mol. The minimum atomic E-state index is -4.95. The molecule has 0 amide bonds. The van der Waals surface area contributed by atoms with E-state index in [-0.39, 0.29) is 25.7 Å². The highest BCUT2D eigenvalue weighted by Crippen LogP contribution is 2.45. The van der Waals surface area contributed by atoms with Crippen LogP contribution in [0.1, 0.15) is 319 Å². The van der Waals surface area contributed by atoms with Crippen LogP contribution >= 0.6 is 15.6 Å². The SMILES string of the molecule is CCC(C)CCCCCCCCCCC(=O)O[C@H](COC(=O)CCCCCCCCC(C)CC)COP(=O)(O)OC[C@H](O)COP(=O)(O)OC[C@@H](COC(=O)CCCCCCCCCC(C)C)OC(=O)CCCCCCCCCCCCC(C)C. The first-order chi connectivity index (χ1) is 40.7. The molecule has 0 heterocycles. The number of carbonyl (C=O) groups is 4. The monoisotopic (exact) mass is 1250 g/mol. The molecule has 0 fully saturated rings. The molecule has 0 aliphatic heterocycles. The van der Waals surface area contributed by atoms with Gasteiger partial charge in [0.15, 0.2) is 12.2 Å². The predicted octanol–water partition coefficient (Wildman–Crippen LogP) is 18.1. The van der Waals surface area contributed by atoms with Crippen LogP contribution in [0.4, 0.5) is 0 Å². The van der Waals surface area contributed by atoms with E-state index < -0.39 is 97.5 Å². The summed E-state index contributed by atoms with van der Waals surface area (Å²) in [6.45, 7) is 14.0. The first-order valence-corrected chi connectivity index (χ1v) is 37.3. The normalized spacial score (nSPS) is 15.0. The van der Waals surface area contributed by atoms with Crippen LogP contribution in [0.15, 0.2) is 0 Å². The van der Waals surface area contributed by atoms with Crippen LogP contribution in [-0.2, 0) is 65.4 Å². The van der Waals surface area contributed by atoms with Crippen molar-refractivity contribution in [3.63, 3.8) is 0 Å². The highest BCUT2D eigenvalue weighted by Gasteiger charge is 2.30. The van der Waals surface area contributed by atoms with Crippen LogP contribution in [0.3, 0.4) is 0 Å². The van der Waals surface area contributed by atoms with Crippen molar-refractivity contribution >= 4 is 39.5 Å². The second-order valence-corrected chi connectivity index (χ2v) is 28.2. The summed E-state index contributed by atoms with van der Waals surface area (Å²) < 4.78 is 68.1. The molecule has 0 aliphatic rings. The zero-order valence-electron chi connectivity index (χ0n) is 55.2. The number of hydrogen-bond acceptors (Lipinski definition) is 15. The fourth-order valence-electron chi connectivity index (χ4n) is 9.72. The van der Waals surface area contributed by atoms with Crippen LogP contribution in [0.2, 0.25) is 0 Å². The zero-order valence-corrected chi connectivity index (χ0v) is 57.0. The number of ether oxygens (including phenoxy) is 4. The number of carbonyl (C=O) groups excluding carboxylic acids is 4. The van der Waals surface area contributed by atoms with Crippen LogP contribution < -0.4 is 0 Å². The molecular formula is C66H128O17P2. The van der Waals surface area contributed by atoms with E-state index in [1.807, 2.05) is 0 Å². The van der Waals surface area contributed by atoms with Gasteiger partial charge in [-0.15, -0.1) is 0 Å². The molecule has 19 heteroatoms. The fourth-order valence-corrected chi connectivity index (χ4v) is 11.3. The van der Waals surface area contributed by atoms with Gasteiger partial charge in [-0.1, -0.05) is 267 Å². The number of unbranched alkanes of at least 4 members (excludes halogenated alkanes) is 27. The number of rotatable bonds is 63. The summed E-state index contributed by atoms with van der Waals surface area (Å²) in [4.78, 5) is 72.3. The number of aliphatic hydroxyl groups excluding tert-OH is 1. The Hall–Kier alpha value is -1.94. The molecule has 4 unspecified atom stereocenters. The second kappa shape index (κ2) is 56.1. The lowest BCUT2D eigenvalue weighted by Gasteiger charge is -2.21. The maximum Gasteiger partial charge on any atom is 0.472 e. The average Bonchev–Trinajstić information content (AvgIpc) is 3.53. The molecule has 0 aromatic heterocycles. The third-order valence-electron chi connectivity index (χ3n) is 15.8. The number of phosphoric acid groups is 2.